The van der Waals surface area contributed by atoms with Gasteiger partial charge in [-0.05, 0) is 11.6 Å². The minimum Gasteiger partial charge on any atom is -0.348 e. The lowest BCUT2D eigenvalue weighted by Gasteiger charge is -1.89. The second kappa shape index (κ2) is 1.84. The Morgan fingerprint density at radius 3 is 3.40 bits per heavy atom. The van der Waals surface area contributed by atoms with Crippen LogP contribution in [0, 0.1) is 0 Å². The molecular weight excluding hydrogens is 126 g/mol. The maximum absolute atomic E-state index is 11.0. The van der Waals surface area contributed by atoms with Crippen molar-refractivity contribution in [1.29, 1.82) is 0 Å². The quantitative estimate of drug-likeness (QED) is 0.562. The third-order valence-electron chi connectivity index (χ3n) is 1.63. The number of amides is 1. The van der Waals surface area contributed by atoms with Gasteiger partial charge < -0.3 is 5.32 Å². The van der Waals surface area contributed by atoms with E-state index >= 15 is 0 Å². The highest BCUT2D eigenvalue weighted by molar-refractivity contribution is 5.98. The molecule has 0 bridgehead atoms. The monoisotopic (exact) mass is 134 g/mol. The van der Waals surface area contributed by atoms with Crippen LogP contribution < -0.4 is 5.32 Å². The van der Waals surface area contributed by atoms with Crippen LogP contribution in [0.5, 0.6) is 0 Å². The van der Waals surface area contributed by atoms with Gasteiger partial charge >= 0.3 is 0 Å². The Balaban J connectivity index is 2.59. The fraction of sp³-hybridized carbons (Fsp3) is 0.125. The number of carbonyl (C=O) groups excluding carboxylic acids is 1. The summed E-state index contributed by atoms with van der Waals surface area (Å²) in [6, 6.07) is 5.50. The molecule has 2 nitrogen and oxygen atoms in total. The zero-order chi connectivity index (χ0) is 7.84. The van der Waals surface area contributed by atoms with Crippen molar-refractivity contribution < 1.29 is 6.17 Å². The van der Waals surface area contributed by atoms with Crippen LogP contribution in [0.2, 0.25) is 0 Å². The summed E-state index contributed by atoms with van der Waals surface area (Å²) in [6.45, 7) is 0.570. The number of benzene rings is 1. The molecule has 2 heteroatoms. The minimum absolute atomic E-state index is 0.0278. The Morgan fingerprint density at radius 2 is 2.50 bits per heavy atom. The topological polar surface area (TPSA) is 29.1 Å². The molecule has 0 spiro atoms. The molecular formula is C8H7NO. The summed E-state index contributed by atoms with van der Waals surface area (Å²) >= 11 is 0. The zero-order valence-electron chi connectivity index (χ0n) is 6.35. The summed E-state index contributed by atoms with van der Waals surface area (Å²) < 4.78 is 7.29. The highest BCUT2D eigenvalue weighted by Crippen LogP contribution is 2.13. The van der Waals surface area contributed by atoms with Crippen LogP contribution in [0.25, 0.3) is 0 Å². The van der Waals surface area contributed by atoms with E-state index in [-0.39, 0.29) is 5.91 Å². The van der Waals surface area contributed by atoms with Gasteiger partial charge in [0.15, 0.2) is 0 Å². The highest BCUT2D eigenvalue weighted by Gasteiger charge is 2.16. The van der Waals surface area contributed by atoms with Gasteiger partial charge in [0, 0.05) is 12.1 Å². The van der Waals surface area contributed by atoms with Gasteiger partial charge in [-0.1, -0.05) is 18.2 Å². The van der Waals surface area contributed by atoms with Crippen molar-refractivity contribution >= 4 is 5.91 Å². The first-order valence-corrected chi connectivity index (χ1v) is 3.15. The molecule has 0 aliphatic carbocycles. The Bertz CT molecular complexity index is 322. The van der Waals surface area contributed by atoms with E-state index in [9.17, 15) is 4.79 Å². The van der Waals surface area contributed by atoms with Crippen molar-refractivity contribution in [1.82, 2.24) is 5.32 Å². The Kier molecular flexibility index (Phi) is 0.826. The molecule has 0 fully saturated rings. The third kappa shape index (κ3) is 0.620. The van der Waals surface area contributed by atoms with Crippen LogP contribution in [0.4, 0.5) is 0 Å². The molecule has 0 radical (unpaired) electrons. The van der Waals surface area contributed by atoms with Crippen molar-refractivity contribution in [2.75, 3.05) is 0 Å². The van der Waals surface area contributed by atoms with Gasteiger partial charge in [0.25, 0.3) is 5.91 Å². The van der Waals surface area contributed by atoms with Gasteiger partial charge in [0.2, 0.25) is 0 Å². The molecule has 1 aliphatic rings. The number of fused-ring (bicyclic) bond motifs is 1. The molecule has 1 aromatic rings. The molecule has 0 unspecified atom stereocenters. The van der Waals surface area contributed by atoms with E-state index in [1.54, 1.807) is 18.2 Å². The molecule has 1 N–H and O–H groups in total. The number of nitrogens with one attached hydrogen (secondary N) is 1. The van der Waals surface area contributed by atoms with Crippen molar-refractivity contribution in [2.24, 2.45) is 0 Å². The van der Waals surface area contributed by atoms with Crippen LogP contribution in [-0.4, -0.2) is 5.91 Å². The van der Waals surface area contributed by atoms with Crippen LogP contribution in [0.1, 0.15) is 17.3 Å². The smallest absolute Gasteiger partial charge is 0.251 e. The first-order valence-electron chi connectivity index (χ1n) is 3.65. The summed E-state index contributed by atoms with van der Waals surface area (Å²) in [5.41, 5.74) is 1.64. The van der Waals surface area contributed by atoms with Crippen LogP contribution in [0.3, 0.4) is 0 Å². The predicted molar refractivity (Wildman–Crippen MR) is 37.6 cm³/mol. The summed E-state index contributed by atoms with van der Waals surface area (Å²) in [4.78, 5) is 11.0. The van der Waals surface area contributed by atoms with Crippen molar-refractivity contribution in [2.45, 2.75) is 6.54 Å². The molecule has 10 heavy (non-hydrogen) atoms. The first-order chi connectivity index (χ1) is 5.27. The molecule has 1 heterocycles. The lowest BCUT2D eigenvalue weighted by molar-refractivity contribution is 0.0966. The van der Waals surface area contributed by atoms with Crippen LogP contribution in [0.15, 0.2) is 24.2 Å². The van der Waals surface area contributed by atoms with E-state index in [1.165, 1.54) is 0 Å². The van der Waals surface area contributed by atoms with E-state index in [2.05, 4.69) is 5.32 Å². The van der Waals surface area contributed by atoms with Crippen molar-refractivity contribution in [3.05, 3.63) is 35.4 Å². The molecule has 0 aromatic heterocycles. The summed E-state index contributed by atoms with van der Waals surface area (Å²) in [5.74, 6) is -0.0278. The number of hydrogen-bond donors (Lipinski definition) is 1. The average molecular weight is 134 g/mol. The lowest BCUT2D eigenvalue weighted by Crippen LogP contribution is -2.12. The number of carbonyl (C=O) groups is 1. The van der Waals surface area contributed by atoms with E-state index in [0.29, 0.717) is 18.2 Å². The van der Waals surface area contributed by atoms with Gasteiger partial charge in [0.1, 0.15) is 0 Å². The molecule has 50 valence electrons. The van der Waals surface area contributed by atoms with E-state index in [4.69, 9.17) is 1.37 Å². The molecule has 0 atom stereocenters. The largest absolute Gasteiger partial charge is 0.348 e. The summed E-state index contributed by atoms with van der Waals surface area (Å²) in [7, 11) is 0. The molecule has 0 saturated carbocycles. The number of rotatable bonds is 0. The van der Waals surface area contributed by atoms with Crippen LogP contribution >= 0.6 is 0 Å². The molecule has 1 aromatic carbocycles. The van der Waals surface area contributed by atoms with E-state index < -0.39 is 0 Å². The SMILES string of the molecule is [2H]c1ccc2c(c1)CNC2=O. The van der Waals surface area contributed by atoms with Gasteiger partial charge in [-0.25, -0.2) is 0 Å². The molecule has 1 aliphatic heterocycles. The Labute approximate surface area is 60.3 Å². The maximum Gasteiger partial charge on any atom is 0.251 e. The van der Waals surface area contributed by atoms with E-state index in [0.717, 1.165) is 5.56 Å². The average Bonchev–Trinajstić information content (AvgIpc) is 2.32. The van der Waals surface area contributed by atoms with Crippen LogP contribution in [-0.2, 0) is 6.54 Å². The standard InChI is InChI=1S/C8H7NO/c10-8-7-4-2-1-3-6(7)5-9-8/h1-4H,5H2,(H,9,10)/i1D. The van der Waals surface area contributed by atoms with Gasteiger partial charge in [-0.2, -0.15) is 0 Å². The zero-order valence-corrected chi connectivity index (χ0v) is 5.35. The lowest BCUT2D eigenvalue weighted by atomic mass is 10.1. The van der Waals surface area contributed by atoms with E-state index in [1.807, 2.05) is 0 Å². The fourth-order valence-electron chi connectivity index (χ4n) is 1.10. The second-order valence-corrected chi connectivity index (χ2v) is 2.27. The van der Waals surface area contributed by atoms with Crippen molar-refractivity contribution in [3.63, 3.8) is 0 Å². The van der Waals surface area contributed by atoms with Gasteiger partial charge in [-0.15, -0.1) is 0 Å². The van der Waals surface area contributed by atoms with Gasteiger partial charge in [0.05, 0.1) is 1.37 Å². The normalized spacial score (nSPS) is 16.0. The third-order valence-corrected chi connectivity index (χ3v) is 1.63. The Morgan fingerprint density at radius 1 is 1.60 bits per heavy atom. The van der Waals surface area contributed by atoms with Crippen molar-refractivity contribution in [3.8, 4) is 0 Å². The second-order valence-electron chi connectivity index (χ2n) is 2.27. The first kappa shape index (κ1) is 4.50. The Hall–Kier alpha value is -1.31. The molecule has 1 amide bonds. The molecule has 0 saturated heterocycles. The summed E-state index contributed by atoms with van der Waals surface area (Å²) in [6.07, 6.45) is 0. The number of hydrogen-bond acceptors (Lipinski definition) is 1. The van der Waals surface area contributed by atoms with Gasteiger partial charge in [-0.3, -0.25) is 4.79 Å². The summed E-state index contributed by atoms with van der Waals surface area (Å²) in [5, 5.41) is 2.69. The predicted octanol–water partition coefficient (Wildman–Crippen LogP) is 0.930. The minimum atomic E-state index is -0.0278. The fourth-order valence-corrected chi connectivity index (χ4v) is 1.10. The highest BCUT2D eigenvalue weighted by atomic mass is 16.1. The maximum atomic E-state index is 11.0. The molecule has 2 rings (SSSR count).